The van der Waals surface area contributed by atoms with Crippen LogP contribution in [0.1, 0.15) is 66.9 Å². The summed E-state index contributed by atoms with van der Waals surface area (Å²) in [5, 5.41) is 8.92. The Morgan fingerprint density at radius 2 is 2.14 bits per heavy atom. The normalized spacial score (nSPS) is 19.6. The lowest BCUT2D eigenvalue weighted by molar-refractivity contribution is 0.0627. The lowest BCUT2D eigenvalue weighted by atomic mass is 9.98. The maximum absolute atomic E-state index is 12.6. The van der Waals surface area contributed by atoms with Crippen molar-refractivity contribution in [1.82, 2.24) is 4.90 Å². The number of furan rings is 1. The van der Waals surface area contributed by atoms with Crippen molar-refractivity contribution in [3.8, 4) is 0 Å². The maximum Gasteiger partial charge on any atom is 0.338 e. The first-order valence-electron chi connectivity index (χ1n) is 7.62. The van der Waals surface area contributed by atoms with E-state index in [9.17, 15) is 9.59 Å². The van der Waals surface area contributed by atoms with E-state index in [1.807, 2.05) is 4.90 Å². The summed E-state index contributed by atoms with van der Waals surface area (Å²) >= 11 is 0. The minimum absolute atomic E-state index is 0.0218. The summed E-state index contributed by atoms with van der Waals surface area (Å²) in [6.45, 7) is 5.03. The number of carboxylic acid groups (broad SMARTS) is 1. The molecule has 0 saturated carbocycles. The van der Waals surface area contributed by atoms with Gasteiger partial charge in [0.15, 0.2) is 5.76 Å². The molecule has 2 rings (SSSR count). The van der Waals surface area contributed by atoms with Gasteiger partial charge in [0.2, 0.25) is 0 Å². The second kappa shape index (κ2) is 6.78. The number of amides is 1. The van der Waals surface area contributed by atoms with Crippen LogP contribution in [0.3, 0.4) is 0 Å². The Hall–Kier alpha value is -1.78. The van der Waals surface area contributed by atoms with Crippen LogP contribution in [-0.2, 0) is 0 Å². The van der Waals surface area contributed by atoms with E-state index >= 15 is 0 Å². The van der Waals surface area contributed by atoms with Crippen molar-refractivity contribution in [3.05, 3.63) is 23.7 Å². The van der Waals surface area contributed by atoms with Gasteiger partial charge in [-0.1, -0.05) is 26.7 Å². The second-order valence-corrected chi connectivity index (χ2v) is 6.14. The van der Waals surface area contributed by atoms with Gasteiger partial charge in [-0.05, 0) is 25.2 Å². The van der Waals surface area contributed by atoms with E-state index in [-0.39, 0.29) is 23.3 Å². The van der Waals surface area contributed by atoms with E-state index in [0.29, 0.717) is 5.92 Å². The third-order valence-corrected chi connectivity index (χ3v) is 3.94. The standard InChI is InChI=1S/C16H23NO4/c1-11(2)8-13-6-4-3-5-7-17(13)15(18)14-9-12(10-21-14)16(19)20/h9-11,13H,3-8H2,1-2H3,(H,19,20). The predicted octanol–water partition coefficient (Wildman–Crippen LogP) is 3.41. The molecule has 21 heavy (non-hydrogen) atoms. The smallest absolute Gasteiger partial charge is 0.338 e. The summed E-state index contributed by atoms with van der Waals surface area (Å²) in [7, 11) is 0. The molecule has 2 heterocycles. The number of carbonyl (C=O) groups excluding carboxylic acids is 1. The van der Waals surface area contributed by atoms with Gasteiger partial charge in [-0.15, -0.1) is 0 Å². The van der Waals surface area contributed by atoms with Gasteiger partial charge in [0.05, 0.1) is 5.56 Å². The number of carboxylic acids is 1. The molecule has 0 bridgehead atoms. The third kappa shape index (κ3) is 3.86. The largest absolute Gasteiger partial charge is 0.478 e. The average Bonchev–Trinajstić information content (AvgIpc) is 2.80. The molecule has 1 aromatic heterocycles. The van der Waals surface area contributed by atoms with Crippen LogP contribution in [0.5, 0.6) is 0 Å². The van der Waals surface area contributed by atoms with Crippen molar-refractivity contribution in [2.24, 2.45) is 5.92 Å². The molecule has 5 heteroatoms. The zero-order chi connectivity index (χ0) is 15.4. The van der Waals surface area contributed by atoms with Crippen molar-refractivity contribution in [3.63, 3.8) is 0 Å². The number of aromatic carboxylic acids is 1. The number of hydrogen-bond donors (Lipinski definition) is 1. The molecule has 5 nitrogen and oxygen atoms in total. The highest BCUT2D eigenvalue weighted by atomic mass is 16.4. The highest BCUT2D eigenvalue weighted by Gasteiger charge is 2.29. The molecule has 116 valence electrons. The van der Waals surface area contributed by atoms with Gasteiger partial charge in [-0.2, -0.15) is 0 Å². The molecule has 1 unspecified atom stereocenters. The molecule has 0 spiro atoms. The second-order valence-electron chi connectivity index (χ2n) is 6.14. The molecule has 1 fully saturated rings. The van der Waals surface area contributed by atoms with Gasteiger partial charge >= 0.3 is 5.97 Å². The van der Waals surface area contributed by atoms with E-state index < -0.39 is 5.97 Å². The fourth-order valence-corrected chi connectivity index (χ4v) is 2.94. The van der Waals surface area contributed by atoms with Gasteiger partial charge in [0.25, 0.3) is 5.91 Å². The Balaban J connectivity index is 2.17. The van der Waals surface area contributed by atoms with Gasteiger partial charge in [0.1, 0.15) is 6.26 Å². The molecule has 1 atom stereocenters. The topological polar surface area (TPSA) is 70.8 Å². The molecule has 1 amide bonds. The molecule has 1 saturated heterocycles. The quantitative estimate of drug-likeness (QED) is 0.923. The number of carbonyl (C=O) groups is 2. The minimum atomic E-state index is -1.08. The SMILES string of the molecule is CC(C)CC1CCCCCN1C(=O)c1cc(C(=O)O)co1. The Labute approximate surface area is 124 Å². The highest BCUT2D eigenvalue weighted by molar-refractivity contribution is 5.95. The Morgan fingerprint density at radius 1 is 1.38 bits per heavy atom. The van der Waals surface area contributed by atoms with Gasteiger partial charge in [0, 0.05) is 18.7 Å². The van der Waals surface area contributed by atoms with Crippen molar-refractivity contribution in [1.29, 1.82) is 0 Å². The van der Waals surface area contributed by atoms with Gasteiger partial charge < -0.3 is 14.4 Å². The van der Waals surface area contributed by atoms with E-state index in [4.69, 9.17) is 9.52 Å². The third-order valence-electron chi connectivity index (χ3n) is 3.94. The Bertz CT molecular complexity index is 506. The van der Waals surface area contributed by atoms with Crippen LogP contribution in [0, 0.1) is 5.92 Å². The van der Waals surface area contributed by atoms with Crippen LogP contribution >= 0.6 is 0 Å². The molecule has 0 radical (unpaired) electrons. The molecule has 1 aliphatic rings. The van der Waals surface area contributed by atoms with Gasteiger partial charge in [-0.3, -0.25) is 4.79 Å². The molecule has 0 aromatic carbocycles. The van der Waals surface area contributed by atoms with Crippen LogP contribution in [-0.4, -0.2) is 34.5 Å². The Kier molecular flexibility index (Phi) is 5.04. The number of likely N-dealkylation sites (tertiary alicyclic amines) is 1. The van der Waals surface area contributed by atoms with E-state index in [2.05, 4.69) is 13.8 Å². The molecular formula is C16H23NO4. The first-order chi connectivity index (χ1) is 9.99. The monoisotopic (exact) mass is 293 g/mol. The van der Waals surface area contributed by atoms with Crippen LogP contribution < -0.4 is 0 Å². The first-order valence-corrected chi connectivity index (χ1v) is 7.62. The number of nitrogens with zero attached hydrogens (tertiary/aromatic N) is 1. The molecular weight excluding hydrogens is 270 g/mol. The minimum Gasteiger partial charge on any atom is -0.478 e. The Morgan fingerprint density at radius 3 is 2.76 bits per heavy atom. The van der Waals surface area contributed by atoms with Crippen molar-refractivity contribution in [2.75, 3.05) is 6.54 Å². The van der Waals surface area contributed by atoms with Crippen LogP contribution in [0.2, 0.25) is 0 Å². The summed E-state index contributed by atoms with van der Waals surface area (Å²) in [4.78, 5) is 25.4. The summed E-state index contributed by atoms with van der Waals surface area (Å²) in [5.41, 5.74) is 0.0218. The molecule has 1 aliphatic heterocycles. The van der Waals surface area contributed by atoms with E-state index in [0.717, 1.165) is 44.9 Å². The fourth-order valence-electron chi connectivity index (χ4n) is 2.94. The average molecular weight is 293 g/mol. The summed E-state index contributed by atoms with van der Waals surface area (Å²) < 4.78 is 5.16. The van der Waals surface area contributed by atoms with Crippen LogP contribution in [0.4, 0.5) is 0 Å². The summed E-state index contributed by atoms with van der Waals surface area (Å²) in [6, 6.07) is 1.54. The molecule has 1 aromatic rings. The van der Waals surface area contributed by atoms with Crippen molar-refractivity contribution < 1.29 is 19.1 Å². The predicted molar refractivity (Wildman–Crippen MR) is 78.4 cm³/mol. The lowest BCUT2D eigenvalue weighted by Gasteiger charge is -2.30. The zero-order valence-corrected chi connectivity index (χ0v) is 12.7. The van der Waals surface area contributed by atoms with Crippen molar-refractivity contribution >= 4 is 11.9 Å². The maximum atomic E-state index is 12.6. The highest BCUT2D eigenvalue weighted by Crippen LogP contribution is 2.24. The first kappa shape index (κ1) is 15.6. The number of hydrogen-bond acceptors (Lipinski definition) is 3. The lowest BCUT2D eigenvalue weighted by Crippen LogP contribution is -2.40. The summed E-state index contributed by atoms with van der Waals surface area (Å²) in [6.07, 6.45) is 6.38. The van der Waals surface area contributed by atoms with E-state index in [1.54, 1.807) is 0 Å². The fraction of sp³-hybridized carbons (Fsp3) is 0.625. The number of rotatable bonds is 4. The van der Waals surface area contributed by atoms with Gasteiger partial charge in [-0.25, -0.2) is 4.79 Å². The molecule has 1 N–H and O–H groups in total. The molecule has 0 aliphatic carbocycles. The zero-order valence-electron chi connectivity index (χ0n) is 12.7. The summed E-state index contributed by atoms with van der Waals surface area (Å²) in [5.74, 6) is -0.611. The van der Waals surface area contributed by atoms with E-state index in [1.165, 1.54) is 6.07 Å². The van der Waals surface area contributed by atoms with Crippen LogP contribution in [0.15, 0.2) is 16.7 Å². The van der Waals surface area contributed by atoms with Crippen molar-refractivity contribution in [2.45, 2.75) is 52.0 Å². The van der Waals surface area contributed by atoms with Crippen LogP contribution in [0.25, 0.3) is 0 Å².